The first-order valence-corrected chi connectivity index (χ1v) is 6.40. The first-order valence-electron chi connectivity index (χ1n) is 6.40. The van der Waals surface area contributed by atoms with Crippen LogP contribution in [0.2, 0.25) is 0 Å². The molecular weight excluding hydrogens is 226 g/mol. The lowest BCUT2D eigenvalue weighted by Gasteiger charge is -2.32. The lowest BCUT2D eigenvalue weighted by molar-refractivity contribution is -0.0624. The number of para-hydroxylation sites is 1. The molecule has 0 radical (unpaired) electrons. The van der Waals surface area contributed by atoms with Gasteiger partial charge in [-0.25, -0.2) is 0 Å². The number of pyridine rings is 1. The van der Waals surface area contributed by atoms with Crippen LogP contribution in [0.3, 0.4) is 0 Å². The Morgan fingerprint density at radius 1 is 1.17 bits per heavy atom. The Morgan fingerprint density at radius 3 is 2.78 bits per heavy atom. The summed E-state index contributed by atoms with van der Waals surface area (Å²) in [6, 6.07) is 10.1. The van der Waals surface area contributed by atoms with Crippen molar-refractivity contribution < 1.29 is 9.84 Å². The molecule has 0 bridgehead atoms. The van der Waals surface area contributed by atoms with E-state index in [4.69, 9.17) is 4.74 Å². The van der Waals surface area contributed by atoms with Crippen LogP contribution in [-0.2, 0) is 11.2 Å². The van der Waals surface area contributed by atoms with Gasteiger partial charge < -0.3 is 9.84 Å². The van der Waals surface area contributed by atoms with E-state index in [0.29, 0.717) is 32.5 Å². The second kappa shape index (κ2) is 4.67. The zero-order valence-electron chi connectivity index (χ0n) is 10.3. The molecule has 1 aromatic carbocycles. The molecule has 0 amide bonds. The minimum Gasteiger partial charge on any atom is -0.389 e. The Balaban J connectivity index is 1.94. The summed E-state index contributed by atoms with van der Waals surface area (Å²) in [4.78, 5) is 4.35. The number of hydrogen-bond acceptors (Lipinski definition) is 3. The Bertz CT molecular complexity index is 542. The predicted octanol–water partition coefficient (Wildman–Crippen LogP) is 2.32. The van der Waals surface area contributed by atoms with Crippen LogP contribution in [0.15, 0.2) is 36.5 Å². The highest BCUT2D eigenvalue weighted by atomic mass is 16.5. The molecule has 0 aliphatic carbocycles. The van der Waals surface area contributed by atoms with Crippen LogP contribution in [0, 0.1) is 0 Å². The molecule has 2 aromatic rings. The Labute approximate surface area is 106 Å². The second-order valence-corrected chi connectivity index (χ2v) is 5.00. The molecule has 0 unspecified atom stereocenters. The van der Waals surface area contributed by atoms with E-state index < -0.39 is 5.60 Å². The Hall–Kier alpha value is -1.45. The largest absolute Gasteiger partial charge is 0.389 e. The average molecular weight is 243 g/mol. The summed E-state index contributed by atoms with van der Waals surface area (Å²) in [7, 11) is 0. The maximum atomic E-state index is 10.6. The standard InChI is InChI=1S/C15H17NO2/c17-15(6-9-18-10-7-15)11-12-5-8-16-14-4-2-1-3-13(12)14/h1-5,8,17H,6-7,9-11H2. The van der Waals surface area contributed by atoms with Crippen LogP contribution >= 0.6 is 0 Å². The molecule has 3 nitrogen and oxygen atoms in total. The molecule has 1 saturated heterocycles. The highest BCUT2D eigenvalue weighted by Gasteiger charge is 2.30. The topological polar surface area (TPSA) is 42.4 Å². The van der Waals surface area contributed by atoms with Gasteiger partial charge in [-0.3, -0.25) is 4.98 Å². The molecular formula is C15H17NO2. The molecule has 1 aromatic heterocycles. The van der Waals surface area contributed by atoms with Gasteiger partial charge in [-0.2, -0.15) is 0 Å². The van der Waals surface area contributed by atoms with Gasteiger partial charge in [0.25, 0.3) is 0 Å². The monoisotopic (exact) mass is 243 g/mol. The van der Waals surface area contributed by atoms with E-state index in [-0.39, 0.29) is 0 Å². The summed E-state index contributed by atoms with van der Waals surface area (Å²) >= 11 is 0. The Kier molecular flexibility index (Phi) is 3.02. The fraction of sp³-hybridized carbons (Fsp3) is 0.400. The lowest BCUT2D eigenvalue weighted by Crippen LogP contribution is -2.38. The van der Waals surface area contributed by atoms with E-state index in [1.807, 2.05) is 30.5 Å². The number of fused-ring (bicyclic) bond motifs is 1. The number of ether oxygens (including phenoxy) is 1. The maximum absolute atomic E-state index is 10.6. The van der Waals surface area contributed by atoms with Crippen LogP contribution in [-0.4, -0.2) is 28.9 Å². The SMILES string of the molecule is OC1(Cc2ccnc3ccccc23)CCOCC1. The van der Waals surface area contributed by atoms with Gasteiger partial charge in [0.2, 0.25) is 0 Å². The minimum atomic E-state index is -0.623. The quantitative estimate of drug-likeness (QED) is 0.880. The fourth-order valence-corrected chi connectivity index (χ4v) is 2.59. The van der Waals surface area contributed by atoms with Crippen molar-refractivity contribution in [1.29, 1.82) is 0 Å². The molecule has 0 atom stereocenters. The van der Waals surface area contributed by atoms with Gasteiger partial charge in [0.05, 0.1) is 11.1 Å². The predicted molar refractivity (Wildman–Crippen MR) is 70.4 cm³/mol. The molecule has 18 heavy (non-hydrogen) atoms. The molecule has 3 heteroatoms. The van der Waals surface area contributed by atoms with Gasteiger partial charge in [-0.05, 0) is 30.5 Å². The molecule has 3 rings (SSSR count). The zero-order chi connectivity index (χ0) is 12.4. The fourth-order valence-electron chi connectivity index (χ4n) is 2.59. The van der Waals surface area contributed by atoms with E-state index in [9.17, 15) is 5.11 Å². The smallest absolute Gasteiger partial charge is 0.0732 e. The number of aromatic nitrogens is 1. The van der Waals surface area contributed by atoms with E-state index in [1.165, 1.54) is 5.56 Å². The van der Waals surface area contributed by atoms with Crippen LogP contribution in [0.5, 0.6) is 0 Å². The maximum Gasteiger partial charge on any atom is 0.0732 e. The molecule has 0 spiro atoms. The summed E-state index contributed by atoms with van der Waals surface area (Å²) < 4.78 is 5.32. The van der Waals surface area contributed by atoms with Gasteiger partial charge in [-0.1, -0.05) is 18.2 Å². The first kappa shape index (κ1) is 11.6. The van der Waals surface area contributed by atoms with Crippen molar-refractivity contribution in [3.05, 3.63) is 42.1 Å². The van der Waals surface area contributed by atoms with Crippen LogP contribution in [0.4, 0.5) is 0 Å². The number of aliphatic hydroxyl groups is 1. The van der Waals surface area contributed by atoms with Gasteiger partial charge in [0.1, 0.15) is 0 Å². The highest BCUT2D eigenvalue weighted by Crippen LogP contribution is 2.27. The van der Waals surface area contributed by atoms with Crippen molar-refractivity contribution in [1.82, 2.24) is 4.98 Å². The van der Waals surface area contributed by atoms with Gasteiger partial charge in [0.15, 0.2) is 0 Å². The van der Waals surface area contributed by atoms with Gasteiger partial charge in [-0.15, -0.1) is 0 Å². The normalized spacial score (nSPS) is 18.9. The third kappa shape index (κ3) is 2.24. The van der Waals surface area contributed by atoms with E-state index in [1.54, 1.807) is 0 Å². The molecule has 2 heterocycles. The van der Waals surface area contributed by atoms with Crippen LogP contribution in [0.25, 0.3) is 10.9 Å². The van der Waals surface area contributed by atoms with E-state index in [2.05, 4.69) is 11.1 Å². The van der Waals surface area contributed by atoms with Crippen LogP contribution in [0.1, 0.15) is 18.4 Å². The van der Waals surface area contributed by atoms with E-state index in [0.717, 1.165) is 10.9 Å². The molecule has 94 valence electrons. The summed E-state index contributed by atoms with van der Waals surface area (Å²) in [6.07, 6.45) is 3.92. The van der Waals surface area contributed by atoms with Crippen molar-refractivity contribution in [2.24, 2.45) is 0 Å². The van der Waals surface area contributed by atoms with Crippen molar-refractivity contribution in [3.63, 3.8) is 0 Å². The lowest BCUT2D eigenvalue weighted by atomic mass is 9.86. The first-order chi connectivity index (χ1) is 8.77. The third-order valence-corrected chi connectivity index (χ3v) is 3.68. The van der Waals surface area contributed by atoms with Crippen molar-refractivity contribution >= 4 is 10.9 Å². The van der Waals surface area contributed by atoms with Crippen molar-refractivity contribution in [3.8, 4) is 0 Å². The zero-order valence-corrected chi connectivity index (χ0v) is 10.3. The highest BCUT2D eigenvalue weighted by molar-refractivity contribution is 5.81. The Morgan fingerprint density at radius 2 is 1.94 bits per heavy atom. The second-order valence-electron chi connectivity index (χ2n) is 5.00. The number of rotatable bonds is 2. The molecule has 1 aliphatic heterocycles. The van der Waals surface area contributed by atoms with Gasteiger partial charge in [0, 0.05) is 31.2 Å². The summed E-state index contributed by atoms with van der Waals surface area (Å²) in [5.74, 6) is 0. The summed E-state index contributed by atoms with van der Waals surface area (Å²) in [6.45, 7) is 1.30. The van der Waals surface area contributed by atoms with E-state index >= 15 is 0 Å². The van der Waals surface area contributed by atoms with Crippen LogP contribution < -0.4 is 0 Å². The summed E-state index contributed by atoms with van der Waals surface area (Å²) in [5.41, 5.74) is 1.54. The average Bonchev–Trinajstić information content (AvgIpc) is 2.40. The molecule has 1 N–H and O–H groups in total. The summed E-state index contributed by atoms with van der Waals surface area (Å²) in [5, 5.41) is 11.7. The van der Waals surface area contributed by atoms with Crippen molar-refractivity contribution in [2.45, 2.75) is 24.9 Å². The molecule has 0 saturated carbocycles. The number of benzene rings is 1. The van der Waals surface area contributed by atoms with Gasteiger partial charge >= 0.3 is 0 Å². The third-order valence-electron chi connectivity index (χ3n) is 3.68. The van der Waals surface area contributed by atoms with Crippen molar-refractivity contribution in [2.75, 3.05) is 13.2 Å². The number of hydrogen-bond donors (Lipinski definition) is 1. The number of nitrogens with zero attached hydrogens (tertiary/aromatic N) is 1. The molecule has 1 fully saturated rings. The minimum absolute atomic E-state index is 0.623. The molecule has 1 aliphatic rings.